The molecule has 2 rings (SSSR count). The number of ether oxygens (including phenoxy) is 1. The first kappa shape index (κ1) is 29.7. The molecule has 36 heavy (non-hydrogen) atoms. The van der Waals surface area contributed by atoms with Gasteiger partial charge in [-0.1, -0.05) is 76.3 Å². The number of alkyl carbamates (subject to hydrolysis) is 1. The van der Waals surface area contributed by atoms with Crippen LogP contribution in [0.25, 0.3) is 0 Å². The molecule has 0 aliphatic heterocycles. The van der Waals surface area contributed by atoms with Crippen molar-refractivity contribution in [2.24, 2.45) is 5.92 Å². The highest BCUT2D eigenvalue weighted by atomic mass is 16.6. The standard InChI is InChI=1S/C29H47N3O4/c1-8-19-32(27(34)24(21(4)9-2)31-28(35)36-29(5,6)7)25(22-17-15-20(3)16-18-22)26(33)30-23-13-11-10-12-14-23/h15-18,21,23-25H,8-14,19H2,1-7H3,(H,30,33)(H,31,35). The molecule has 1 aromatic carbocycles. The molecule has 2 N–H and O–H groups in total. The fourth-order valence-electron chi connectivity index (χ4n) is 4.65. The van der Waals surface area contributed by atoms with Gasteiger partial charge in [0, 0.05) is 12.6 Å². The quantitative estimate of drug-likeness (QED) is 0.433. The van der Waals surface area contributed by atoms with E-state index in [2.05, 4.69) is 10.6 Å². The number of nitrogens with one attached hydrogen (secondary N) is 2. The minimum atomic E-state index is -0.799. The number of hydrogen-bond donors (Lipinski definition) is 2. The van der Waals surface area contributed by atoms with Crippen LogP contribution in [0.5, 0.6) is 0 Å². The van der Waals surface area contributed by atoms with E-state index in [1.165, 1.54) is 6.42 Å². The van der Waals surface area contributed by atoms with E-state index in [1.807, 2.05) is 52.0 Å². The fourth-order valence-corrected chi connectivity index (χ4v) is 4.65. The first-order valence-corrected chi connectivity index (χ1v) is 13.6. The molecule has 1 aliphatic rings. The van der Waals surface area contributed by atoms with E-state index in [4.69, 9.17) is 4.74 Å². The molecule has 0 aromatic heterocycles. The van der Waals surface area contributed by atoms with Crippen LogP contribution in [0.15, 0.2) is 24.3 Å². The molecular formula is C29H47N3O4. The summed E-state index contributed by atoms with van der Waals surface area (Å²) in [4.78, 5) is 42.2. The Kier molecular flexibility index (Phi) is 11.3. The van der Waals surface area contributed by atoms with Gasteiger partial charge in [-0.2, -0.15) is 0 Å². The third-order valence-corrected chi connectivity index (χ3v) is 6.80. The van der Waals surface area contributed by atoms with Crippen LogP contribution in [0.1, 0.15) is 104 Å². The van der Waals surface area contributed by atoms with Crippen LogP contribution in [0, 0.1) is 12.8 Å². The Balaban J connectivity index is 2.42. The number of nitrogens with zero attached hydrogens (tertiary/aromatic N) is 1. The Bertz CT molecular complexity index is 856. The highest BCUT2D eigenvalue weighted by Gasteiger charge is 2.38. The molecule has 0 heterocycles. The van der Waals surface area contributed by atoms with Gasteiger partial charge >= 0.3 is 6.09 Å². The van der Waals surface area contributed by atoms with Gasteiger partial charge < -0.3 is 20.3 Å². The Labute approximate surface area is 217 Å². The molecule has 1 saturated carbocycles. The Morgan fingerprint density at radius 2 is 1.67 bits per heavy atom. The van der Waals surface area contributed by atoms with Crippen molar-refractivity contribution in [1.29, 1.82) is 0 Å². The van der Waals surface area contributed by atoms with Gasteiger partial charge in [0.2, 0.25) is 11.8 Å². The number of carbonyl (C=O) groups is 3. The molecule has 1 aromatic rings. The van der Waals surface area contributed by atoms with Crippen molar-refractivity contribution in [2.75, 3.05) is 6.54 Å². The van der Waals surface area contributed by atoms with Crippen molar-refractivity contribution in [3.05, 3.63) is 35.4 Å². The average molecular weight is 502 g/mol. The highest BCUT2D eigenvalue weighted by Crippen LogP contribution is 2.27. The van der Waals surface area contributed by atoms with Crippen LogP contribution in [0.4, 0.5) is 4.79 Å². The van der Waals surface area contributed by atoms with Gasteiger partial charge in [-0.05, 0) is 58.4 Å². The van der Waals surface area contributed by atoms with E-state index in [-0.39, 0.29) is 23.8 Å². The van der Waals surface area contributed by atoms with Crippen molar-refractivity contribution in [3.8, 4) is 0 Å². The number of amides is 3. The van der Waals surface area contributed by atoms with E-state index in [1.54, 1.807) is 25.7 Å². The summed E-state index contributed by atoms with van der Waals surface area (Å²) in [5, 5.41) is 6.05. The average Bonchev–Trinajstić information content (AvgIpc) is 2.82. The predicted molar refractivity (Wildman–Crippen MR) is 144 cm³/mol. The zero-order valence-electron chi connectivity index (χ0n) is 23.4. The lowest BCUT2D eigenvalue weighted by Crippen LogP contribution is -2.56. The normalized spacial score (nSPS) is 17.0. The van der Waals surface area contributed by atoms with E-state index < -0.39 is 23.8 Å². The van der Waals surface area contributed by atoms with Crippen molar-refractivity contribution in [2.45, 2.75) is 117 Å². The van der Waals surface area contributed by atoms with Crippen molar-refractivity contribution in [1.82, 2.24) is 15.5 Å². The summed E-state index contributed by atoms with van der Waals surface area (Å²) in [6.07, 6.45) is 6.08. The van der Waals surface area contributed by atoms with Gasteiger partial charge in [0.15, 0.2) is 0 Å². The molecule has 3 unspecified atom stereocenters. The molecule has 0 saturated heterocycles. The van der Waals surface area contributed by atoms with Gasteiger partial charge in [-0.3, -0.25) is 9.59 Å². The summed E-state index contributed by atoms with van der Waals surface area (Å²) >= 11 is 0. The van der Waals surface area contributed by atoms with Gasteiger partial charge in [0.1, 0.15) is 17.7 Å². The van der Waals surface area contributed by atoms with Crippen molar-refractivity contribution < 1.29 is 19.1 Å². The molecule has 0 radical (unpaired) electrons. The number of benzene rings is 1. The maximum absolute atomic E-state index is 14.1. The molecule has 7 nitrogen and oxygen atoms in total. The third-order valence-electron chi connectivity index (χ3n) is 6.80. The number of aryl methyl sites for hydroxylation is 1. The lowest BCUT2D eigenvalue weighted by Gasteiger charge is -2.37. The van der Waals surface area contributed by atoms with Crippen molar-refractivity contribution in [3.63, 3.8) is 0 Å². The van der Waals surface area contributed by atoms with Gasteiger partial charge in [0.05, 0.1) is 0 Å². The van der Waals surface area contributed by atoms with Crippen LogP contribution in [-0.4, -0.2) is 47.0 Å². The lowest BCUT2D eigenvalue weighted by atomic mass is 9.93. The molecule has 3 amide bonds. The van der Waals surface area contributed by atoms with Gasteiger partial charge in [0.25, 0.3) is 0 Å². The maximum Gasteiger partial charge on any atom is 0.408 e. The summed E-state index contributed by atoms with van der Waals surface area (Å²) in [6.45, 7) is 13.7. The summed E-state index contributed by atoms with van der Waals surface area (Å²) in [5.74, 6) is -0.557. The number of carbonyl (C=O) groups excluding carboxylic acids is 3. The second-order valence-corrected chi connectivity index (χ2v) is 11.2. The van der Waals surface area contributed by atoms with Crippen LogP contribution in [0.2, 0.25) is 0 Å². The molecular weight excluding hydrogens is 454 g/mol. The number of hydrogen-bond acceptors (Lipinski definition) is 4. The Hall–Kier alpha value is -2.57. The lowest BCUT2D eigenvalue weighted by molar-refractivity contribution is -0.143. The minimum absolute atomic E-state index is 0.128. The van der Waals surface area contributed by atoms with Gasteiger partial charge in [-0.25, -0.2) is 4.79 Å². The van der Waals surface area contributed by atoms with Crippen LogP contribution < -0.4 is 10.6 Å². The molecule has 202 valence electrons. The summed E-state index contributed by atoms with van der Waals surface area (Å²) in [5.41, 5.74) is 1.18. The molecule has 1 aliphatic carbocycles. The number of rotatable bonds is 10. The highest BCUT2D eigenvalue weighted by molar-refractivity contribution is 5.92. The Morgan fingerprint density at radius 3 is 2.19 bits per heavy atom. The first-order chi connectivity index (χ1) is 17.0. The second kappa shape index (κ2) is 13.7. The predicted octanol–water partition coefficient (Wildman–Crippen LogP) is 5.66. The largest absolute Gasteiger partial charge is 0.444 e. The third kappa shape index (κ3) is 8.82. The second-order valence-electron chi connectivity index (χ2n) is 11.2. The zero-order chi connectivity index (χ0) is 26.9. The molecule has 0 spiro atoms. The fraction of sp³-hybridized carbons (Fsp3) is 0.690. The van der Waals surface area contributed by atoms with E-state index >= 15 is 0 Å². The Morgan fingerprint density at radius 1 is 1.06 bits per heavy atom. The van der Waals surface area contributed by atoms with E-state index in [9.17, 15) is 14.4 Å². The first-order valence-electron chi connectivity index (χ1n) is 13.6. The van der Waals surface area contributed by atoms with Crippen molar-refractivity contribution >= 4 is 17.9 Å². The SMILES string of the molecule is CCCN(C(=O)C(NC(=O)OC(C)(C)C)C(C)CC)C(C(=O)NC1CCCCC1)c1ccc(C)cc1. The smallest absolute Gasteiger partial charge is 0.408 e. The zero-order valence-corrected chi connectivity index (χ0v) is 23.4. The summed E-state index contributed by atoms with van der Waals surface area (Å²) in [7, 11) is 0. The van der Waals surface area contributed by atoms with Crippen LogP contribution >= 0.6 is 0 Å². The van der Waals surface area contributed by atoms with Crippen LogP contribution in [-0.2, 0) is 14.3 Å². The van der Waals surface area contributed by atoms with Gasteiger partial charge in [-0.15, -0.1) is 0 Å². The molecule has 0 bridgehead atoms. The topological polar surface area (TPSA) is 87.7 Å². The molecule has 1 fully saturated rings. The molecule has 3 atom stereocenters. The maximum atomic E-state index is 14.1. The minimum Gasteiger partial charge on any atom is -0.444 e. The molecule has 7 heteroatoms. The summed E-state index contributed by atoms with van der Waals surface area (Å²) < 4.78 is 5.46. The van der Waals surface area contributed by atoms with E-state index in [0.717, 1.165) is 36.8 Å². The van der Waals surface area contributed by atoms with Crippen LogP contribution in [0.3, 0.4) is 0 Å². The summed E-state index contributed by atoms with van der Waals surface area (Å²) in [6, 6.07) is 6.35. The van der Waals surface area contributed by atoms with E-state index in [0.29, 0.717) is 19.4 Å². The monoisotopic (exact) mass is 501 g/mol.